The quantitative estimate of drug-likeness (QED) is 0.352. The number of aromatic nitrogens is 3. The van der Waals surface area contributed by atoms with Gasteiger partial charge in [-0.25, -0.2) is 4.68 Å². The lowest BCUT2D eigenvalue weighted by Gasteiger charge is -2.28. The minimum atomic E-state index is -0.429. The first kappa shape index (κ1) is 21.9. The molecule has 7 nitrogen and oxygen atoms in total. The number of rotatable bonds is 6. The van der Waals surface area contributed by atoms with Gasteiger partial charge in [-0.3, -0.25) is 4.79 Å². The van der Waals surface area contributed by atoms with E-state index in [1.165, 1.54) is 6.33 Å². The first-order chi connectivity index (χ1) is 16.6. The van der Waals surface area contributed by atoms with Gasteiger partial charge in [0.1, 0.15) is 24.7 Å². The van der Waals surface area contributed by atoms with E-state index in [1.807, 2.05) is 85.8 Å². The standard InChI is InChI=1S/C26H22BrN5O2/c1-17-23(25(33)31-21-8-3-2-4-9-21)24(32-26(30-17)28-16-29-32)19-10-12-22(13-11-19)34-15-18-6-5-7-20(27)14-18/h2-14,16,24H,15H2,1H3,(H,31,33)(H,28,29,30). The van der Waals surface area contributed by atoms with Crippen molar-refractivity contribution in [2.75, 3.05) is 10.6 Å². The van der Waals surface area contributed by atoms with E-state index in [-0.39, 0.29) is 5.91 Å². The molecule has 2 heterocycles. The van der Waals surface area contributed by atoms with Gasteiger partial charge in [0.25, 0.3) is 5.91 Å². The molecule has 1 aliphatic heterocycles. The molecule has 34 heavy (non-hydrogen) atoms. The molecule has 1 amide bonds. The lowest BCUT2D eigenvalue weighted by atomic mass is 9.95. The molecule has 2 N–H and O–H groups in total. The van der Waals surface area contributed by atoms with E-state index in [2.05, 4.69) is 36.6 Å². The van der Waals surface area contributed by atoms with Crippen LogP contribution in [-0.4, -0.2) is 20.7 Å². The van der Waals surface area contributed by atoms with Crippen molar-refractivity contribution in [2.24, 2.45) is 0 Å². The van der Waals surface area contributed by atoms with Gasteiger partial charge in [0, 0.05) is 15.9 Å². The van der Waals surface area contributed by atoms with E-state index in [9.17, 15) is 4.79 Å². The Balaban J connectivity index is 1.41. The smallest absolute Gasteiger partial charge is 0.255 e. The van der Waals surface area contributed by atoms with Crippen LogP contribution in [0.5, 0.6) is 5.75 Å². The number of amides is 1. The summed E-state index contributed by atoms with van der Waals surface area (Å²) >= 11 is 3.48. The molecule has 0 bridgehead atoms. The second-order valence-corrected chi connectivity index (χ2v) is 8.82. The first-order valence-corrected chi connectivity index (χ1v) is 11.6. The fourth-order valence-corrected chi connectivity index (χ4v) is 4.40. The molecule has 0 saturated heterocycles. The van der Waals surface area contributed by atoms with Crippen LogP contribution in [0.15, 0.2) is 101 Å². The Bertz CT molecular complexity index is 1350. The molecular formula is C26H22BrN5O2. The third kappa shape index (κ3) is 4.58. The highest BCUT2D eigenvalue weighted by molar-refractivity contribution is 9.10. The molecule has 0 spiro atoms. The summed E-state index contributed by atoms with van der Waals surface area (Å²) in [5, 5.41) is 10.6. The van der Waals surface area contributed by atoms with E-state index >= 15 is 0 Å². The van der Waals surface area contributed by atoms with Crippen LogP contribution in [0.2, 0.25) is 0 Å². The molecule has 0 saturated carbocycles. The predicted molar refractivity (Wildman–Crippen MR) is 134 cm³/mol. The molecule has 1 aromatic heterocycles. The number of hydrogen-bond donors (Lipinski definition) is 2. The van der Waals surface area contributed by atoms with Crippen molar-refractivity contribution in [1.29, 1.82) is 0 Å². The Hall–Kier alpha value is -3.91. The maximum Gasteiger partial charge on any atom is 0.255 e. The topological polar surface area (TPSA) is 81.1 Å². The second kappa shape index (κ2) is 9.52. The minimum Gasteiger partial charge on any atom is -0.489 e. The number of fused-ring (bicyclic) bond motifs is 1. The number of carbonyl (C=O) groups excluding carboxylic acids is 1. The summed E-state index contributed by atoms with van der Waals surface area (Å²) < 4.78 is 8.70. The number of allylic oxidation sites excluding steroid dienone is 1. The van der Waals surface area contributed by atoms with Crippen molar-refractivity contribution in [3.05, 3.63) is 112 Å². The van der Waals surface area contributed by atoms with Gasteiger partial charge in [-0.2, -0.15) is 10.1 Å². The number of ether oxygens (including phenoxy) is 1. The van der Waals surface area contributed by atoms with Gasteiger partial charge in [0.2, 0.25) is 5.95 Å². The Morgan fingerprint density at radius 1 is 1.09 bits per heavy atom. The minimum absolute atomic E-state index is 0.197. The summed E-state index contributed by atoms with van der Waals surface area (Å²) in [6.07, 6.45) is 1.48. The molecule has 170 valence electrons. The monoisotopic (exact) mass is 515 g/mol. The zero-order valence-electron chi connectivity index (χ0n) is 18.4. The normalized spacial score (nSPS) is 14.8. The molecule has 0 radical (unpaired) electrons. The van der Waals surface area contributed by atoms with Crippen molar-refractivity contribution in [3.8, 4) is 5.75 Å². The maximum atomic E-state index is 13.3. The molecular weight excluding hydrogens is 494 g/mol. The van der Waals surface area contributed by atoms with E-state index in [0.29, 0.717) is 18.1 Å². The van der Waals surface area contributed by atoms with Crippen LogP contribution in [-0.2, 0) is 11.4 Å². The number of para-hydroxylation sites is 1. The van der Waals surface area contributed by atoms with Crippen LogP contribution in [0.4, 0.5) is 11.6 Å². The summed E-state index contributed by atoms with van der Waals surface area (Å²) in [4.78, 5) is 17.6. The molecule has 4 aromatic rings. The molecule has 1 aliphatic rings. The average Bonchev–Trinajstić information content (AvgIpc) is 3.31. The van der Waals surface area contributed by atoms with Crippen LogP contribution >= 0.6 is 15.9 Å². The van der Waals surface area contributed by atoms with Gasteiger partial charge < -0.3 is 15.4 Å². The summed E-state index contributed by atoms with van der Waals surface area (Å²) in [6.45, 7) is 2.34. The Kier molecular flexibility index (Phi) is 6.14. The number of halogens is 1. The van der Waals surface area contributed by atoms with E-state index < -0.39 is 6.04 Å². The SMILES string of the molecule is CC1=C(C(=O)Nc2ccccc2)C(c2ccc(OCc3cccc(Br)c3)cc2)n2ncnc2N1. The Labute approximate surface area is 205 Å². The van der Waals surface area contributed by atoms with E-state index in [1.54, 1.807) is 4.68 Å². The molecule has 0 fully saturated rings. The van der Waals surface area contributed by atoms with Gasteiger partial charge in [-0.15, -0.1) is 0 Å². The number of nitrogens with one attached hydrogen (secondary N) is 2. The molecule has 5 rings (SSSR count). The summed E-state index contributed by atoms with van der Waals surface area (Å²) in [6, 6.07) is 24.7. The first-order valence-electron chi connectivity index (χ1n) is 10.8. The highest BCUT2D eigenvalue weighted by Crippen LogP contribution is 2.35. The van der Waals surface area contributed by atoms with Gasteiger partial charge in [0.15, 0.2) is 0 Å². The zero-order valence-corrected chi connectivity index (χ0v) is 20.0. The number of benzene rings is 3. The average molecular weight is 516 g/mol. The third-order valence-electron chi connectivity index (χ3n) is 5.56. The van der Waals surface area contributed by atoms with Crippen LogP contribution in [0, 0.1) is 0 Å². The number of nitrogens with zero attached hydrogens (tertiary/aromatic N) is 3. The largest absolute Gasteiger partial charge is 0.489 e. The summed E-state index contributed by atoms with van der Waals surface area (Å²) in [7, 11) is 0. The van der Waals surface area contributed by atoms with Gasteiger partial charge >= 0.3 is 0 Å². The molecule has 0 aliphatic carbocycles. The van der Waals surface area contributed by atoms with Crippen LogP contribution < -0.4 is 15.4 Å². The lowest BCUT2D eigenvalue weighted by Crippen LogP contribution is -2.31. The van der Waals surface area contributed by atoms with Crippen molar-refractivity contribution in [1.82, 2.24) is 14.8 Å². The van der Waals surface area contributed by atoms with E-state index in [4.69, 9.17) is 4.74 Å². The van der Waals surface area contributed by atoms with Crippen molar-refractivity contribution in [3.63, 3.8) is 0 Å². The fraction of sp³-hybridized carbons (Fsp3) is 0.115. The summed E-state index contributed by atoms with van der Waals surface area (Å²) in [5.41, 5.74) is 4.01. The molecule has 3 aromatic carbocycles. The third-order valence-corrected chi connectivity index (χ3v) is 6.05. The molecule has 1 atom stereocenters. The molecule has 1 unspecified atom stereocenters. The highest BCUT2D eigenvalue weighted by Gasteiger charge is 2.33. The number of anilines is 2. The van der Waals surface area contributed by atoms with Gasteiger partial charge in [-0.1, -0.05) is 58.4 Å². The van der Waals surface area contributed by atoms with Crippen molar-refractivity contribution in [2.45, 2.75) is 19.6 Å². The van der Waals surface area contributed by atoms with Gasteiger partial charge in [0.05, 0.1) is 5.57 Å². The highest BCUT2D eigenvalue weighted by atomic mass is 79.9. The van der Waals surface area contributed by atoms with Crippen LogP contribution in [0.25, 0.3) is 0 Å². The summed E-state index contributed by atoms with van der Waals surface area (Å²) in [5.74, 6) is 1.14. The number of hydrogen-bond acceptors (Lipinski definition) is 5. The lowest BCUT2D eigenvalue weighted by molar-refractivity contribution is -0.113. The van der Waals surface area contributed by atoms with Crippen molar-refractivity contribution >= 4 is 33.5 Å². The van der Waals surface area contributed by atoms with Gasteiger partial charge in [-0.05, 0) is 54.4 Å². The predicted octanol–water partition coefficient (Wildman–Crippen LogP) is 5.55. The molecule has 8 heteroatoms. The maximum absolute atomic E-state index is 13.3. The Morgan fingerprint density at radius 3 is 2.65 bits per heavy atom. The second-order valence-electron chi connectivity index (χ2n) is 7.90. The van der Waals surface area contributed by atoms with Crippen LogP contribution in [0.1, 0.15) is 24.1 Å². The van der Waals surface area contributed by atoms with Crippen molar-refractivity contribution < 1.29 is 9.53 Å². The van der Waals surface area contributed by atoms with Crippen LogP contribution in [0.3, 0.4) is 0 Å². The van der Waals surface area contributed by atoms with E-state index in [0.717, 1.165) is 32.7 Å². The number of carbonyl (C=O) groups is 1. The zero-order chi connectivity index (χ0) is 23.5. The fourth-order valence-electron chi connectivity index (χ4n) is 3.95. The Morgan fingerprint density at radius 2 is 1.88 bits per heavy atom.